The first kappa shape index (κ1) is 16.6. The Morgan fingerprint density at radius 2 is 1.65 bits per heavy atom. The Hall–Kier alpha value is -1.22. The average molecular weight is 320 g/mol. The lowest BCUT2D eigenvalue weighted by Gasteiger charge is -2.35. The number of ether oxygens (including phenoxy) is 1. The number of rotatable bonds is 4. The van der Waals surface area contributed by atoms with E-state index >= 15 is 0 Å². The maximum absolute atomic E-state index is 13.4. The van der Waals surface area contributed by atoms with E-state index in [0.29, 0.717) is 5.56 Å². The van der Waals surface area contributed by atoms with Gasteiger partial charge in [-0.05, 0) is 86.0 Å². The van der Waals surface area contributed by atoms with Crippen LogP contribution in [0.25, 0.3) is 5.57 Å². The number of halogens is 2. The van der Waals surface area contributed by atoms with Gasteiger partial charge in [-0.2, -0.15) is 0 Å². The summed E-state index contributed by atoms with van der Waals surface area (Å²) in [4.78, 5) is 0. The molecule has 0 spiro atoms. The summed E-state index contributed by atoms with van der Waals surface area (Å²) in [5, 5.41) is 0. The highest BCUT2D eigenvalue weighted by molar-refractivity contribution is 5.66. The van der Waals surface area contributed by atoms with Crippen molar-refractivity contribution in [2.75, 3.05) is 13.7 Å². The van der Waals surface area contributed by atoms with Gasteiger partial charge in [0, 0.05) is 19.8 Å². The first-order chi connectivity index (χ1) is 11.2. The number of hydrogen-bond donors (Lipinski definition) is 0. The number of hydrogen-bond acceptors (Lipinski definition) is 1. The predicted octanol–water partition coefficient (Wildman–Crippen LogP) is 5.60. The van der Waals surface area contributed by atoms with Crippen LogP contribution in [0.3, 0.4) is 0 Å². The Kier molecular flexibility index (Phi) is 5.47. The van der Waals surface area contributed by atoms with Gasteiger partial charge in [-0.1, -0.05) is 6.08 Å². The molecule has 0 radical (unpaired) electrons. The number of benzene rings is 1. The van der Waals surface area contributed by atoms with Crippen LogP contribution in [0.4, 0.5) is 8.78 Å². The number of allylic oxidation sites excluding steroid dienone is 2. The molecule has 1 nitrogen and oxygen atoms in total. The van der Waals surface area contributed by atoms with Crippen molar-refractivity contribution in [1.82, 2.24) is 0 Å². The minimum atomic E-state index is -0.487. The van der Waals surface area contributed by atoms with Crippen molar-refractivity contribution in [3.63, 3.8) is 0 Å². The maximum Gasteiger partial charge on any atom is 0.126 e. The van der Waals surface area contributed by atoms with Crippen LogP contribution in [0.1, 0.15) is 50.5 Å². The third-order valence-corrected chi connectivity index (χ3v) is 5.65. The highest BCUT2D eigenvalue weighted by Gasteiger charge is 2.28. The quantitative estimate of drug-likeness (QED) is 0.701. The molecule has 0 bridgehead atoms. The average Bonchev–Trinajstić information content (AvgIpc) is 2.55. The fourth-order valence-electron chi connectivity index (χ4n) is 4.35. The van der Waals surface area contributed by atoms with E-state index in [4.69, 9.17) is 4.74 Å². The fourth-order valence-corrected chi connectivity index (χ4v) is 4.35. The molecule has 0 heterocycles. The molecule has 2 aliphatic carbocycles. The van der Waals surface area contributed by atoms with E-state index in [9.17, 15) is 8.78 Å². The lowest BCUT2D eigenvalue weighted by atomic mass is 9.71. The summed E-state index contributed by atoms with van der Waals surface area (Å²) < 4.78 is 32.0. The van der Waals surface area contributed by atoms with Crippen LogP contribution in [0, 0.1) is 29.4 Å². The molecule has 1 saturated carbocycles. The molecule has 0 N–H and O–H groups in total. The summed E-state index contributed by atoms with van der Waals surface area (Å²) in [6.07, 6.45) is 10.5. The molecule has 3 heteroatoms. The van der Waals surface area contributed by atoms with Crippen molar-refractivity contribution in [2.24, 2.45) is 17.8 Å². The summed E-state index contributed by atoms with van der Waals surface area (Å²) in [6.45, 7) is 0.895. The molecular formula is C20H26F2O. The van der Waals surface area contributed by atoms with Gasteiger partial charge in [-0.25, -0.2) is 8.78 Å². The third kappa shape index (κ3) is 4.20. The van der Waals surface area contributed by atoms with Crippen LogP contribution in [-0.4, -0.2) is 13.7 Å². The van der Waals surface area contributed by atoms with Gasteiger partial charge in [0.2, 0.25) is 0 Å². The van der Waals surface area contributed by atoms with Crippen molar-refractivity contribution in [3.8, 4) is 0 Å². The Labute approximate surface area is 137 Å². The minimum Gasteiger partial charge on any atom is -0.384 e. The molecule has 1 fully saturated rings. The van der Waals surface area contributed by atoms with Crippen LogP contribution in [0.2, 0.25) is 0 Å². The molecule has 0 amide bonds. The fraction of sp³-hybridized carbons (Fsp3) is 0.600. The van der Waals surface area contributed by atoms with Crippen LogP contribution in [-0.2, 0) is 4.74 Å². The second-order valence-corrected chi connectivity index (χ2v) is 7.16. The van der Waals surface area contributed by atoms with Gasteiger partial charge >= 0.3 is 0 Å². The zero-order chi connectivity index (χ0) is 16.2. The van der Waals surface area contributed by atoms with Crippen molar-refractivity contribution in [2.45, 2.75) is 44.9 Å². The zero-order valence-electron chi connectivity index (χ0n) is 13.9. The normalized spacial score (nSPS) is 28.5. The van der Waals surface area contributed by atoms with E-state index in [-0.39, 0.29) is 0 Å². The predicted molar refractivity (Wildman–Crippen MR) is 89.0 cm³/mol. The topological polar surface area (TPSA) is 9.23 Å². The Bertz CT molecular complexity index is 539. The Balaban J connectivity index is 1.58. The molecule has 2 aliphatic rings. The van der Waals surface area contributed by atoms with Crippen LogP contribution in [0.5, 0.6) is 0 Å². The first-order valence-corrected chi connectivity index (χ1v) is 8.80. The first-order valence-electron chi connectivity index (χ1n) is 8.80. The molecule has 0 aliphatic heterocycles. The van der Waals surface area contributed by atoms with Crippen molar-refractivity contribution < 1.29 is 13.5 Å². The monoisotopic (exact) mass is 320 g/mol. The molecule has 0 aromatic heterocycles. The largest absolute Gasteiger partial charge is 0.384 e. The highest BCUT2D eigenvalue weighted by atomic mass is 19.1. The van der Waals surface area contributed by atoms with Gasteiger partial charge < -0.3 is 4.74 Å². The molecule has 23 heavy (non-hydrogen) atoms. The Morgan fingerprint density at radius 1 is 0.957 bits per heavy atom. The van der Waals surface area contributed by atoms with Crippen molar-refractivity contribution >= 4 is 5.57 Å². The van der Waals surface area contributed by atoms with Gasteiger partial charge in [-0.3, -0.25) is 0 Å². The summed E-state index contributed by atoms with van der Waals surface area (Å²) in [7, 11) is 1.79. The minimum absolute atomic E-state index is 0.487. The molecule has 1 aromatic rings. The smallest absolute Gasteiger partial charge is 0.126 e. The van der Waals surface area contributed by atoms with Gasteiger partial charge in [0.05, 0.1) is 0 Å². The number of methoxy groups -OCH3 is 1. The molecule has 3 rings (SSSR count). The third-order valence-electron chi connectivity index (χ3n) is 5.65. The molecule has 0 saturated heterocycles. The standard InChI is InChI=1S/C20H26F2O/c1-23-13-14-2-4-15(5-3-14)16-6-8-17(9-7-16)18-10-19(21)12-20(22)11-18/h8,10-12,14-16H,2-7,9,13H2,1H3. The summed E-state index contributed by atoms with van der Waals surface area (Å²) in [5.74, 6) is 1.31. The maximum atomic E-state index is 13.4. The van der Waals surface area contributed by atoms with E-state index in [1.54, 1.807) is 7.11 Å². The van der Waals surface area contributed by atoms with Crippen molar-refractivity contribution in [3.05, 3.63) is 41.5 Å². The molecule has 126 valence electrons. The van der Waals surface area contributed by atoms with Gasteiger partial charge in [0.1, 0.15) is 11.6 Å². The molecular weight excluding hydrogens is 294 g/mol. The lowest BCUT2D eigenvalue weighted by molar-refractivity contribution is 0.105. The molecule has 1 atom stereocenters. The molecule has 1 aromatic carbocycles. The zero-order valence-corrected chi connectivity index (χ0v) is 13.9. The summed E-state index contributed by atoms with van der Waals surface area (Å²) >= 11 is 0. The summed E-state index contributed by atoms with van der Waals surface area (Å²) in [5.41, 5.74) is 1.82. The van der Waals surface area contributed by atoms with E-state index in [1.165, 1.54) is 37.8 Å². The van der Waals surface area contributed by atoms with E-state index in [0.717, 1.165) is 55.3 Å². The van der Waals surface area contributed by atoms with E-state index in [2.05, 4.69) is 6.08 Å². The summed E-state index contributed by atoms with van der Waals surface area (Å²) in [6, 6.07) is 3.84. The van der Waals surface area contributed by atoms with E-state index < -0.39 is 11.6 Å². The van der Waals surface area contributed by atoms with Crippen LogP contribution in [0.15, 0.2) is 24.3 Å². The van der Waals surface area contributed by atoms with Gasteiger partial charge in [0.25, 0.3) is 0 Å². The van der Waals surface area contributed by atoms with Gasteiger partial charge in [-0.15, -0.1) is 0 Å². The second-order valence-electron chi connectivity index (χ2n) is 7.16. The second kappa shape index (κ2) is 7.57. The highest BCUT2D eigenvalue weighted by Crippen LogP contribution is 2.41. The van der Waals surface area contributed by atoms with Crippen molar-refractivity contribution in [1.29, 1.82) is 0 Å². The van der Waals surface area contributed by atoms with Gasteiger partial charge in [0.15, 0.2) is 0 Å². The van der Waals surface area contributed by atoms with E-state index in [1.807, 2.05) is 0 Å². The van der Waals surface area contributed by atoms with Crippen LogP contribution < -0.4 is 0 Å². The molecule has 1 unspecified atom stereocenters. The lowest BCUT2D eigenvalue weighted by Crippen LogP contribution is -2.24. The van der Waals surface area contributed by atoms with Crippen LogP contribution >= 0.6 is 0 Å². The SMILES string of the molecule is COCC1CCC(C2CC=C(c3cc(F)cc(F)c3)CC2)CC1. The Morgan fingerprint density at radius 3 is 2.22 bits per heavy atom.